The van der Waals surface area contributed by atoms with Crippen molar-refractivity contribution in [3.05, 3.63) is 0 Å². The van der Waals surface area contributed by atoms with Gasteiger partial charge in [-0.05, 0) is 25.2 Å². The molecule has 3 amide bonds. The molecule has 0 aromatic rings. The number of nitrogens with two attached hydrogens (primary N) is 1. The van der Waals surface area contributed by atoms with Gasteiger partial charge in [0.1, 0.15) is 6.04 Å². The van der Waals surface area contributed by atoms with Gasteiger partial charge in [-0.2, -0.15) is 0 Å². The number of hydrogen-bond donors (Lipinski definition) is 3. The molecule has 108 valence electrons. The molecule has 0 bridgehead atoms. The van der Waals surface area contributed by atoms with Crippen LogP contribution in [0.15, 0.2) is 0 Å². The minimum atomic E-state index is -1.26. The summed E-state index contributed by atoms with van der Waals surface area (Å²) < 4.78 is 0. The Morgan fingerprint density at radius 1 is 1.42 bits per heavy atom. The standard InChI is InChI=1S/C12H21N3O4/c1-2-5-15(7-8-3-4-8)12(19)14-9(11(17)18)6-10(13)16/h8-9H,2-7H2,1H3,(H2,13,16)(H,14,19)(H,17,18)/t9-/m1/s1. The molecule has 0 heterocycles. The van der Waals surface area contributed by atoms with Gasteiger partial charge in [0.2, 0.25) is 5.91 Å². The van der Waals surface area contributed by atoms with Gasteiger partial charge in [-0.15, -0.1) is 0 Å². The fourth-order valence-electron chi connectivity index (χ4n) is 1.80. The minimum absolute atomic E-state index is 0.398. The van der Waals surface area contributed by atoms with Crippen LogP contribution in [0.2, 0.25) is 0 Å². The van der Waals surface area contributed by atoms with Crippen LogP contribution in [0.4, 0.5) is 4.79 Å². The number of nitrogens with one attached hydrogen (secondary N) is 1. The molecular weight excluding hydrogens is 250 g/mol. The maximum absolute atomic E-state index is 12.0. The van der Waals surface area contributed by atoms with Crippen LogP contribution in [-0.2, 0) is 9.59 Å². The smallest absolute Gasteiger partial charge is 0.326 e. The molecule has 0 saturated heterocycles. The van der Waals surface area contributed by atoms with Crippen LogP contribution >= 0.6 is 0 Å². The molecule has 1 atom stereocenters. The van der Waals surface area contributed by atoms with Crippen molar-refractivity contribution >= 4 is 17.9 Å². The van der Waals surface area contributed by atoms with Crippen LogP contribution < -0.4 is 11.1 Å². The summed E-state index contributed by atoms with van der Waals surface area (Å²) in [5, 5.41) is 11.3. The molecule has 1 fully saturated rings. The van der Waals surface area contributed by atoms with E-state index in [4.69, 9.17) is 10.8 Å². The van der Waals surface area contributed by atoms with Crippen LogP contribution in [0.3, 0.4) is 0 Å². The number of nitrogens with zero attached hydrogens (tertiary/aromatic N) is 1. The fraction of sp³-hybridized carbons (Fsp3) is 0.750. The predicted molar refractivity (Wildman–Crippen MR) is 68.4 cm³/mol. The molecule has 7 nitrogen and oxygen atoms in total. The summed E-state index contributed by atoms with van der Waals surface area (Å²) >= 11 is 0. The lowest BCUT2D eigenvalue weighted by Gasteiger charge is -2.24. The van der Waals surface area contributed by atoms with E-state index in [0.717, 1.165) is 19.3 Å². The van der Waals surface area contributed by atoms with E-state index in [1.807, 2.05) is 6.92 Å². The lowest BCUT2D eigenvalue weighted by molar-refractivity contribution is -0.140. The number of amides is 3. The molecule has 0 radical (unpaired) electrons. The van der Waals surface area contributed by atoms with Crippen LogP contribution in [0, 0.1) is 5.92 Å². The van der Waals surface area contributed by atoms with Crippen molar-refractivity contribution in [1.29, 1.82) is 0 Å². The van der Waals surface area contributed by atoms with E-state index in [0.29, 0.717) is 19.0 Å². The highest BCUT2D eigenvalue weighted by Crippen LogP contribution is 2.29. The molecule has 19 heavy (non-hydrogen) atoms. The third kappa shape index (κ3) is 5.58. The van der Waals surface area contributed by atoms with Crippen molar-refractivity contribution < 1.29 is 19.5 Å². The third-order valence-corrected chi connectivity index (χ3v) is 2.96. The fourth-order valence-corrected chi connectivity index (χ4v) is 1.80. The molecule has 0 aromatic heterocycles. The molecule has 1 aliphatic rings. The molecule has 0 spiro atoms. The van der Waals surface area contributed by atoms with Gasteiger partial charge in [0, 0.05) is 13.1 Å². The number of primary amides is 1. The van der Waals surface area contributed by atoms with Gasteiger partial charge in [-0.25, -0.2) is 9.59 Å². The Kier molecular flexibility index (Phi) is 5.59. The molecule has 0 aliphatic heterocycles. The molecule has 0 unspecified atom stereocenters. The van der Waals surface area contributed by atoms with Crippen molar-refractivity contribution in [2.45, 2.75) is 38.6 Å². The molecule has 4 N–H and O–H groups in total. The monoisotopic (exact) mass is 271 g/mol. The summed E-state index contributed by atoms with van der Waals surface area (Å²) in [5.41, 5.74) is 4.97. The second-order valence-corrected chi connectivity index (χ2v) is 4.90. The highest BCUT2D eigenvalue weighted by atomic mass is 16.4. The molecule has 1 rings (SSSR count). The largest absolute Gasteiger partial charge is 0.480 e. The maximum atomic E-state index is 12.0. The zero-order chi connectivity index (χ0) is 14.4. The Hall–Kier alpha value is -1.79. The van der Waals surface area contributed by atoms with Crippen LogP contribution in [-0.4, -0.2) is 47.0 Å². The molecular formula is C12H21N3O4. The van der Waals surface area contributed by atoms with E-state index in [-0.39, 0.29) is 0 Å². The first kappa shape index (κ1) is 15.3. The lowest BCUT2D eigenvalue weighted by atomic mass is 10.2. The Morgan fingerprint density at radius 2 is 2.05 bits per heavy atom. The van der Waals surface area contributed by atoms with Gasteiger partial charge >= 0.3 is 12.0 Å². The van der Waals surface area contributed by atoms with Crippen molar-refractivity contribution in [1.82, 2.24) is 10.2 Å². The summed E-state index contributed by atoms with van der Waals surface area (Å²) in [6.45, 7) is 3.17. The van der Waals surface area contributed by atoms with Crippen LogP contribution in [0.5, 0.6) is 0 Å². The van der Waals surface area contributed by atoms with Crippen molar-refractivity contribution in [2.75, 3.05) is 13.1 Å². The van der Waals surface area contributed by atoms with Crippen molar-refractivity contribution in [3.8, 4) is 0 Å². The molecule has 7 heteroatoms. The second kappa shape index (κ2) is 6.96. The van der Waals surface area contributed by atoms with E-state index >= 15 is 0 Å². The number of carbonyl (C=O) groups is 3. The summed E-state index contributed by atoms with van der Waals surface area (Å²) in [7, 11) is 0. The topological polar surface area (TPSA) is 113 Å². The van der Waals surface area contributed by atoms with Gasteiger partial charge in [-0.3, -0.25) is 4.79 Å². The Labute approximate surface area is 112 Å². The lowest BCUT2D eigenvalue weighted by Crippen LogP contribution is -2.50. The Morgan fingerprint density at radius 3 is 2.47 bits per heavy atom. The number of carboxylic acids is 1. The van der Waals surface area contributed by atoms with E-state index in [1.54, 1.807) is 4.90 Å². The Balaban J connectivity index is 2.55. The zero-order valence-corrected chi connectivity index (χ0v) is 11.1. The van der Waals surface area contributed by atoms with Gasteiger partial charge in [-0.1, -0.05) is 6.92 Å². The van der Waals surface area contributed by atoms with Gasteiger partial charge in [0.25, 0.3) is 0 Å². The quantitative estimate of drug-likeness (QED) is 0.583. The highest BCUT2D eigenvalue weighted by molar-refractivity contribution is 5.87. The van der Waals surface area contributed by atoms with Crippen LogP contribution in [0.25, 0.3) is 0 Å². The van der Waals surface area contributed by atoms with Gasteiger partial charge in [0.15, 0.2) is 0 Å². The van der Waals surface area contributed by atoms with E-state index < -0.39 is 30.4 Å². The number of aliphatic carboxylic acids is 1. The normalized spacial score (nSPS) is 15.6. The van der Waals surface area contributed by atoms with E-state index in [9.17, 15) is 14.4 Å². The zero-order valence-electron chi connectivity index (χ0n) is 11.1. The first-order valence-electron chi connectivity index (χ1n) is 6.50. The molecule has 1 saturated carbocycles. The number of carboxylic acid groups (broad SMARTS) is 1. The first-order valence-corrected chi connectivity index (χ1v) is 6.50. The average Bonchev–Trinajstić information content (AvgIpc) is 3.10. The van der Waals surface area contributed by atoms with E-state index in [1.165, 1.54) is 0 Å². The summed E-state index contributed by atoms with van der Waals surface area (Å²) in [6.07, 6.45) is 2.62. The highest BCUT2D eigenvalue weighted by Gasteiger charge is 2.29. The summed E-state index contributed by atoms with van der Waals surface area (Å²) in [6, 6.07) is -1.70. The Bertz CT molecular complexity index is 355. The number of urea groups is 1. The van der Waals surface area contributed by atoms with Gasteiger partial charge < -0.3 is 21.1 Å². The van der Waals surface area contributed by atoms with Crippen molar-refractivity contribution in [2.24, 2.45) is 11.7 Å². The first-order chi connectivity index (χ1) is 8.93. The summed E-state index contributed by atoms with van der Waals surface area (Å²) in [4.78, 5) is 35.3. The van der Waals surface area contributed by atoms with Crippen molar-refractivity contribution in [3.63, 3.8) is 0 Å². The number of hydrogen-bond acceptors (Lipinski definition) is 3. The minimum Gasteiger partial charge on any atom is -0.480 e. The van der Waals surface area contributed by atoms with Gasteiger partial charge in [0.05, 0.1) is 6.42 Å². The van der Waals surface area contributed by atoms with Crippen LogP contribution in [0.1, 0.15) is 32.6 Å². The SMILES string of the molecule is CCCN(CC1CC1)C(=O)N[C@H](CC(N)=O)C(=O)O. The maximum Gasteiger partial charge on any atom is 0.326 e. The number of carbonyl (C=O) groups excluding carboxylic acids is 2. The summed E-state index contributed by atoms with van der Waals surface area (Å²) in [5.74, 6) is -1.48. The predicted octanol–water partition coefficient (Wildman–Crippen LogP) is 0.147. The average molecular weight is 271 g/mol. The third-order valence-electron chi connectivity index (χ3n) is 2.96. The van der Waals surface area contributed by atoms with E-state index in [2.05, 4.69) is 5.32 Å². The second-order valence-electron chi connectivity index (χ2n) is 4.90. The number of rotatable bonds is 8. The molecule has 1 aliphatic carbocycles. The molecule has 0 aromatic carbocycles.